The zero-order chi connectivity index (χ0) is 14.7. The third-order valence-electron chi connectivity index (χ3n) is 4.00. The van der Waals surface area contributed by atoms with Gasteiger partial charge in [0, 0.05) is 5.56 Å². The Morgan fingerprint density at radius 1 is 1.05 bits per heavy atom. The Morgan fingerprint density at radius 3 is 2.62 bits per heavy atom. The zero-order valence-corrected chi connectivity index (χ0v) is 12.8. The largest absolute Gasteiger partial charge is 0.489 e. The van der Waals surface area contributed by atoms with Crippen LogP contribution in [0.2, 0.25) is 0 Å². The molecule has 0 unspecified atom stereocenters. The normalized spacial score (nSPS) is 13.5. The van der Waals surface area contributed by atoms with E-state index in [4.69, 9.17) is 22.7 Å². The molecule has 0 heterocycles. The second-order valence-electron chi connectivity index (χ2n) is 5.45. The first-order chi connectivity index (χ1) is 10.2. The van der Waals surface area contributed by atoms with E-state index in [9.17, 15) is 0 Å². The van der Waals surface area contributed by atoms with Gasteiger partial charge in [0.25, 0.3) is 0 Å². The average Bonchev–Trinajstić information content (AvgIpc) is 2.53. The second-order valence-corrected chi connectivity index (χ2v) is 5.89. The van der Waals surface area contributed by atoms with Gasteiger partial charge in [-0.2, -0.15) is 0 Å². The molecule has 2 aromatic carbocycles. The topological polar surface area (TPSA) is 35.2 Å². The Labute approximate surface area is 130 Å². The summed E-state index contributed by atoms with van der Waals surface area (Å²) in [5.74, 6) is 0.924. The number of fused-ring (bicyclic) bond motifs is 1. The molecule has 3 rings (SSSR count). The zero-order valence-electron chi connectivity index (χ0n) is 12.0. The summed E-state index contributed by atoms with van der Waals surface area (Å²) in [5, 5.41) is 0. The molecule has 21 heavy (non-hydrogen) atoms. The highest BCUT2D eigenvalue weighted by Gasteiger charge is 2.10. The lowest BCUT2D eigenvalue weighted by atomic mass is 9.92. The van der Waals surface area contributed by atoms with E-state index < -0.39 is 0 Å². The molecular weight excluding hydrogens is 278 g/mol. The number of hydrogen-bond donors (Lipinski definition) is 1. The molecule has 0 spiro atoms. The van der Waals surface area contributed by atoms with Gasteiger partial charge >= 0.3 is 0 Å². The van der Waals surface area contributed by atoms with Crippen molar-refractivity contribution in [3.63, 3.8) is 0 Å². The fraction of sp³-hybridized carbons (Fsp3) is 0.278. The Hall–Kier alpha value is -1.87. The Balaban J connectivity index is 1.75. The first-order valence-corrected chi connectivity index (χ1v) is 7.77. The molecule has 2 nitrogen and oxygen atoms in total. The fourth-order valence-corrected chi connectivity index (χ4v) is 3.05. The minimum atomic E-state index is 0.416. The number of benzene rings is 2. The molecule has 0 aliphatic heterocycles. The first-order valence-electron chi connectivity index (χ1n) is 7.36. The summed E-state index contributed by atoms with van der Waals surface area (Å²) in [4.78, 5) is 0.416. The quantitative estimate of drug-likeness (QED) is 0.872. The standard InChI is InChI=1S/C18H19NOS/c19-18(21)17-8-4-3-7-15(17)12-20-16-10-9-13-5-1-2-6-14(13)11-16/h3-4,7-11H,1-2,5-6,12H2,(H2,19,21). The summed E-state index contributed by atoms with van der Waals surface area (Å²) in [6.07, 6.45) is 4.94. The monoisotopic (exact) mass is 297 g/mol. The van der Waals surface area contributed by atoms with Gasteiger partial charge in [-0.1, -0.05) is 42.5 Å². The van der Waals surface area contributed by atoms with Crippen LogP contribution in [0.25, 0.3) is 0 Å². The summed E-state index contributed by atoms with van der Waals surface area (Å²) in [7, 11) is 0. The molecule has 0 radical (unpaired) electrons. The van der Waals surface area contributed by atoms with E-state index in [2.05, 4.69) is 18.2 Å². The molecule has 0 saturated carbocycles. The Morgan fingerprint density at radius 2 is 1.81 bits per heavy atom. The number of rotatable bonds is 4. The molecule has 0 aromatic heterocycles. The van der Waals surface area contributed by atoms with Crippen LogP contribution in [0.15, 0.2) is 42.5 Å². The van der Waals surface area contributed by atoms with E-state index >= 15 is 0 Å². The van der Waals surface area contributed by atoms with Crippen molar-refractivity contribution in [2.75, 3.05) is 0 Å². The van der Waals surface area contributed by atoms with Crippen LogP contribution >= 0.6 is 12.2 Å². The van der Waals surface area contributed by atoms with E-state index in [1.54, 1.807) is 0 Å². The molecule has 3 heteroatoms. The number of nitrogens with two attached hydrogens (primary N) is 1. The molecule has 1 aliphatic rings. The van der Waals surface area contributed by atoms with Crippen LogP contribution in [-0.4, -0.2) is 4.99 Å². The van der Waals surface area contributed by atoms with E-state index in [1.165, 1.54) is 30.4 Å². The van der Waals surface area contributed by atoms with Crippen molar-refractivity contribution < 1.29 is 4.74 Å². The summed E-state index contributed by atoms with van der Waals surface area (Å²) in [5.41, 5.74) is 10.6. The maximum Gasteiger partial charge on any atom is 0.120 e. The lowest BCUT2D eigenvalue weighted by molar-refractivity contribution is 0.305. The minimum absolute atomic E-state index is 0.416. The minimum Gasteiger partial charge on any atom is -0.489 e. The molecule has 0 atom stereocenters. The molecule has 0 fully saturated rings. The van der Waals surface area contributed by atoms with Crippen LogP contribution in [0, 0.1) is 0 Å². The third-order valence-corrected chi connectivity index (χ3v) is 4.22. The number of thiocarbonyl (C=S) groups is 1. The van der Waals surface area contributed by atoms with Crippen LogP contribution in [0.1, 0.15) is 35.1 Å². The van der Waals surface area contributed by atoms with Crippen molar-refractivity contribution in [2.45, 2.75) is 32.3 Å². The van der Waals surface area contributed by atoms with Gasteiger partial charge in [0.1, 0.15) is 17.3 Å². The van der Waals surface area contributed by atoms with Gasteiger partial charge in [0.2, 0.25) is 0 Å². The molecule has 2 aromatic rings. The first kappa shape index (κ1) is 14.1. The van der Waals surface area contributed by atoms with Gasteiger partial charge in [-0.25, -0.2) is 0 Å². The lowest BCUT2D eigenvalue weighted by Gasteiger charge is -2.17. The van der Waals surface area contributed by atoms with Crippen molar-refractivity contribution >= 4 is 17.2 Å². The highest BCUT2D eigenvalue weighted by Crippen LogP contribution is 2.26. The van der Waals surface area contributed by atoms with Crippen LogP contribution in [0.3, 0.4) is 0 Å². The summed E-state index contributed by atoms with van der Waals surface area (Å²) < 4.78 is 5.93. The molecule has 0 saturated heterocycles. The van der Waals surface area contributed by atoms with Gasteiger partial charge in [0.15, 0.2) is 0 Å². The van der Waals surface area contributed by atoms with E-state index in [-0.39, 0.29) is 0 Å². The highest BCUT2D eigenvalue weighted by atomic mass is 32.1. The van der Waals surface area contributed by atoms with Crippen molar-refractivity contribution in [2.24, 2.45) is 5.73 Å². The Kier molecular flexibility index (Phi) is 4.20. The second kappa shape index (κ2) is 6.27. The fourth-order valence-electron chi connectivity index (χ4n) is 2.85. The smallest absolute Gasteiger partial charge is 0.120 e. The molecular formula is C18H19NOS. The van der Waals surface area contributed by atoms with E-state index in [0.717, 1.165) is 23.3 Å². The average molecular weight is 297 g/mol. The van der Waals surface area contributed by atoms with Crippen molar-refractivity contribution in [3.8, 4) is 5.75 Å². The van der Waals surface area contributed by atoms with Crippen molar-refractivity contribution in [1.29, 1.82) is 0 Å². The highest BCUT2D eigenvalue weighted by molar-refractivity contribution is 7.80. The SMILES string of the molecule is NC(=S)c1ccccc1COc1ccc2c(c1)CCCC2. The van der Waals surface area contributed by atoms with Crippen molar-refractivity contribution in [1.82, 2.24) is 0 Å². The predicted molar refractivity (Wildman–Crippen MR) is 89.7 cm³/mol. The van der Waals surface area contributed by atoms with E-state index in [0.29, 0.717) is 11.6 Å². The summed E-state index contributed by atoms with van der Waals surface area (Å²) in [6.45, 7) is 0.492. The van der Waals surface area contributed by atoms with Crippen molar-refractivity contribution in [3.05, 3.63) is 64.7 Å². The molecule has 0 amide bonds. The number of aryl methyl sites for hydroxylation is 2. The maximum atomic E-state index is 5.93. The lowest BCUT2D eigenvalue weighted by Crippen LogP contribution is -2.13. The molecule has 1 aliphatic carbocycles. The number of hydrogen-bond acceptors (Lipinski definition) is 2. The van der Waals surface area contributed by atoms with Crippen LogP contribution in [0.4, 0.5) is 0 Å². The van der Waals surface area contributed by atoms with Gasteiger partial charge in [0.05, 0.1) is 0 Å². The Bertz CT molecular complexity index is 666. The summed E-state index contributed by atoms with van der Waals surface area (Å²) in [6, 6.07) is 14.3. The molecule has 2 N–H and O–H groups in total. The van der Waals surface area contributed by atoms with Gasteiger partial charge in [-0.3, -0.25) is 0 Å². The predicted octanol–water partition coefficient (Wildman–Crippen LogP) is 3.78. The van der Waals surface area contributed by atoms with Gasteiger partial charge in [-0.05, 0) is 54.5 Å². The van der Waals surface area contributed by atoms with Crippen LogP contribution < -0.4 is 10.5 Å². The van der Waals surface area contributed by atoms with Crippen LogP contribution in [0.5, 0.6) is 5.75 Å². The molecule has 0 bridgehead atoms. The van der Waals surface area contributed by atoms with Gasteiger partial charge in [-0.15, -0.1) is 0 Å². The van der Waals surface area contributed by atoms with Gasteiger partial charge < -0.3 is 10.5 Å². The number of ether oxygens (including phenoxy) is 1. The maximum absolute atomic E-state index is 5.93. The third kappa shape index (κ3) is 3.24. The summed E-state index contributed by atoms with van der Waals surface area (Å²) >= 11 is 5.08. The van der Waals surface area contributed by atoms with Crippen LogP contribution in [-0.2, 0) is 19.4 Å². The molecule has 108 valence electrons. The van der Waals surface area contributed by atoms with E-state index in [1.807, 2.05) is 24.3 Å².